The van der Waals surface area contributed by atoms with Gasteiger partial charge < -0.3 is 5.32 Å². The van der Waals surface area contributed by atoms with Gasteiger partial charge in [0.15, 0.2) is 0 Å². The fraction of sp³-hybridized carbons (Fsp3) is 0.600. The molecule has 0 aliphatic heterocycles. The van der Waals surface area contributed by atoms with Gasteiger partial charge in [0.05, 0.1) is 0 Å². The van der Waals surface area contributed by atoms with Crippen molar-refractivity contribution in [2.45, 2.75) is 58.4 Å². The summed E-state index contributed by atoms with van der Waals surface area (Å²) < 4.78 is 0. The van der Waals surface area contributed by atoms with Crippen LogP contribution in [0.25, 0.3) is 0 Å². The van der Waals surface area contributed by atoms with Crippen LogP contribution in [0.4, 0.5) is 5.69 Å². The van der Waals surface area contributed by atoms with Crippen LogP contribution in [0.2, 0.25) is 0 Å². The van der Waals surface area contributed by atoms with Crippen LogP contribution >= 0.6 is 0 Å². The highest BCUT2D eigenvalue weighted by Gasteiger charge is 2.04. The third-order valence-corrected chi connectivity index (χ3v) is 3.04. The number of para-hydroxylation sites is 1. The summed E-state index contributed by atoms with van der Waals surface area (Å²) in [5, 5.41) is 3.61. The van der Waals surface area contributed by atoms with Gasteiger partial charge in [-0.15, -0.1) is 0 Å². The van der Waals surface area contributed by atoms with Crippen molar-refractivity contribution in [2.24, 2.45) is 0 Å². The molecular formula is C15H25N. The van der Waals surface area contributed by atoms with E-state index in [0.29, 0.717) is 6.04 Å². The second-order valence-corrected chi connectivity index (χ2v) is 4.46. The van der Waals surface area contributed by atoms with Gasteiger partial charge >= 0.3 is 0 Å². The van der Waals surface area contributed by atoms with Gasteiger partial charge in [-0.25, -0.2) is 0 Å². The molecule has 0 aliphatic rings. The Kier molecular flexibility index (Phi) is 6.71. The molecule has 0 spiro atoms. The lowest BCUT2D eigenvalue weighted by Crippen LogP contribution is -2.18. The first kappa shape index (κ1) is 13.1. The molecule has 0 heterocycles. The summed E-state index contributed by atoms with van der Waals surface area (Å²) in [4.78, 5) is 0. The molecule has 0 radical (unpaired) electrons. The van der Waals surface area contributed by atoms with Crippen LogP contribution in [0.15, 0.2) is 30.3 Å². The summed E-state index contributed by atoms with van der Waals surface area (Å²) in [6, 6.07) is 11.2. The van der Waals surface area contributed by atoms with Crippen molar-refractivity contribution in [1.29, 1.82) is 0 Å². The summed E-state index contributed by atoms with van der Waals surface area (Å²) >= 11 is 0. The van der Waals surface area contributed by atoms with Gasteiger partial charge in [0.2, 0.25) is 0 Å². The minimum Gasteiger partial charge on any atom is -0.382 e. The summed E-state index contributed by atoms with van der Waals surface area (Å²) in [6.45, 7) is 4.53. The molecule has 1 rings (SSSR count). The van der Waals surface area contributed by atoms with E-state index in [4.69, 9.17) is 0 Å². The zero-order chi connectivity index (χ0) is 11.6. The molecule has 1 N–H and O–H groups in total. The van der Waals surface area contributed by atoms with Crippen LogP contribution in [0.3, 0.4) is 0 Å². The standard InChI is InChI=1S/C15H25N/c1-3-5-6-8-11-14(4-2)16-15-12-9-7-10-13-15/h7,9-10,12-14,16H,3-6,8,11H2,1-2H3. The zero-order valence-corrected chi connectivity index (χ0v) is 10.7. The fourth-order valence-corrected chi connectivity index (χ4v) is 1.97. The first-order valence-corrected chi connectivity index (χ1v) is 6.68. The van der Waals surface area contributed by atoms with Crippen molar-refractivity contribution in [3.63, 3.8) is 0 Å². The maximum atomic E-state index is 3.61. The largest absolute Gasteiger partial charge is 0.382 e. The molecule has 0 aliphatic carbocycles. The van der Waals surface area contributed by atoms with E-state index in [2.05, 4.69) is 49.5 Å². The maximum Gasteiger partial charge on any atom is 0.0342 e. The lowest BCUT2D eigenvalue weighted by atomic mass is 10.0. The third kappa shape index (κ3) is 5.20. The van der Waals surface area contributed by atoms with Crippen LogP contribution < -0.4 is 5.32 Å². The Bertz CT molecular complexity index is 255. The second-order valence-electron chi connectivity index (χ2n) is 4.46. The number of hydrogen-bond acceptors (Lipinski definition) is 1. The molecule has 0 fully saturated rings. The molecule has 90 valence electrons. The molecule has 0 amide bonds. The van der Waals surface area contributed by atoms with Gasteiger partial charge in [0, 0.05) is 11.7 Å². The number of hydrogen-bond donors (Lipinski definition) is 1. The first-order valence-electron chi connectivity index (χ1n) is 6.68. The number of benzene rings is 1. The minimum absolute atomic E-state index is 0.638. The Balaban J connectivity index is 2.26. The SMILES string of the molecule is CCCCCCC(CC)Nc1ccccc1. The van der Waals surface area contributed by atoms with Gasteiger partial charge in [-0.2, -0.15) is 0 Å². The molecule has 0 saturated carbocycles. The Morgan fingerprint density at radius 3 is 2.38 bits per heavy atom. The lowest BCUT2D eigenvalue weighted by Gasteiger charge is -2.18. The Labute approximate surface area is 100 Å². The van der Waals surface area contributed by atoms with Crippen molar-refractivity contribution in [3.8, 4) is 0 Å². The van der Waals surface area contributed by atoms with E-state index in [1.807, 2.05) is 0 Å². The molecule has 16 heavy (non-hydrogen) atoms. The van der Waals surface area contributed by atoms with Crippen molar-refractivity contribution < 1.29 is 0 Å². The second kappa shape index (κ2) is 8.20. The van der Waals surface area contributed by atoms with E-state index in [0.717, 1.165) is 0 Å². The molecule has 0 saturated heterocycles. The van der Waals surface area contributed by atoms with E-state index < -0.39 is 0 Å². The summed E-state index contributed by atoms with van der Waals surface area (Å²) in [7, 11) is 0. The summed E-state index contributed by atoms with van der Waals surface area (Å²) in [5.74, 6) is 0. The Morgan fingerprint density at radius 2 is 1.75 bits per heavy atom. The van der Waals surface area contributed by atoms with Crippen molar-refractivity contribution in [2.75, 3.05) is 5.32 Å². The van der Waals surface area contributed by atoms with Gasteiger partial charge in [-0.3, -0.25) is 0 Å². The molecule has 1 unspecified atom stereocenters. The zero-order valence-electron chi connectivity index (χ0n) is 10.7. The number of unbranched alkanes of at least 4 members (excludes halogenated alkanes) is 3. The highest BCUT2D eigenvalue weighted by Crippen LogP contribution is 2.14. The highest BCUT2D eigenvalue weighted by molar-refractivity contribution is 5.43. The molecule has 1 aromatic rings. The smallest absolute Gasteiger partial charge is 0.0342 e. The van der Waals surface area contributed by atoms with Crippen molar-refractivity contribution >= 4 is 5.69 Å². The van der Waals surface area contributed by atoms with Crippen LogP contribution in [-0.2, 0) is 0 Å². The topological polar surface area (TPSA) is 12.0 Å². The van der Waals surface area contributed by atoms with E-state index in [1.54, 1.807) is 0 Å². The summed E-state index contributed by atoms with van der Waals surface area (Å²) in [5.41, 5.74) is 1.25. The van der Waals surface area contributed by atoms with Crippen molar-refractivity contribution in [3.05, 3.63) is 30.3 Å². The maximum absolute atomic E-state index is 3.61. The molecule has 1 aromatic carbocycles. The predicted octanol–water partition coefficient (Wildman–Crippen LogP) is 4.85. The molecule has 1 atom stereocenters. The molecule has 1 heteroatoms. The number of rotatable bonds is 8. The van der Waals surface area contributed by atoms with E-state index in [1.165, 1.54) is 44.2 Å². The highest BCUT2D eigenvalue weighted by atomic mass is 14.9. The predicted molar refractivity (Wildman–Crippen MR) is 72.9 cm³/mol. The first-order chi connectivity index (χ1) is 7.86. The normalized spacial score (nSPS) is 12.4. The minimum atomic E-state index is 0.638. The van der Waals surface area contributed by atoms with Crippen LogP contribution in [0.5, 0.6) is 0 Å². The van der Waals surface area contributed by atoms with Crippen molar-refractivity contribution in [1.82, 2.24) is 0 Å². The number of nitrogens with one attached hydrogen (secondary N) is 1. The molecular weight excluding hydrogens is 194 g/mol. The van der Waals surface area contributed by atoms with Gasteiger partial charge in [-0.05, 0) is 25.0 Å². The fourth-order valence-electron chi connectivity index (χ4n) is 1.97. The van der Waals surface area contributed by atoms with Gasteiger partial charge in [0.1, 0.15) is 0 Å². The van der Waals surface area contributed by atoms with Gasteiger partial charge in [-0.1, -0.05) is 57.7 Å². The monoisotopic (exact) mass is 219 g/mol. The average Bonchev–Trinajstić information content (AvgIpc) is 2.34. The molecule has 0 bridgehead atoms. The third-order valence-electron chi connectivity index (χ3n) is 3.04. The molecule has 0 aromatic heterocycles. The van der Waals surface area contributed by atoms with E-state index in [-0.39, 0.29) is 0 Å². The molecule has 1 nitrogen and oxygen atoms in total. The van der Waals surface area contributed by atoms with E-state index in [9.17, 15) is 0 Å². The van der Waals surface area contributed by atoms with Gasteiger partial charge in [0.25, 0.3) is 0 Å². The summed E-state index contributed by atoms with van der Waals surface area (Å²) in [6.07, 6.45) is 7.94. The number of anilines is 1. The lowest BCUT2D eigenvalue weighted by molar-refractivity contribution is 0.561. The average molecular weight is 219 g/mol. The van der Waals surface area contributed by atoms with Crippen LogP contribution in [0, 0.1) is 0 Å². The Morgan fingerprint density at radius 1 is 1.00 bits per heavy atom. The quantitative estimate of drug-likeness (QED) is 0.616. The van der Waals surface area contributed by atoms with E-state index >= 15 is 0 Å². The van der Waals surface area contributed by atoms with Crippen LogP contribution in [-0.4, -0.2) is 6.04 Å². The Hall–Kier alpha value is -0.980. The van der Waals surface area contributed by atoms with Crippen LogP contribution in [0.1, 0.15) is 52.4 Å².